The van der Waals surface area contributed by atoms with Gasteiger partial charge in [-0.25, -0.2) is 9.97 Å². The molecule has 1 amide bonds. The van der Waals surface area contributed by atoms with Crippen molar-refractivity contribution in [2.75, 3.05) is 23.3 Å². The summed E-state index contributed by atoms with van der Waals surface area (Å²) >= 11 is 0. The van der Waals surface area contributed by atoms with Crippen molar-refractivity contribution in [3.8, 4) is 11.3 Å². The van der Waals surface area contributed by atoms with Crippen molar-refractivity contribution in [1.82, 2.24) is 15.0 Å². The number of amides is 1. The molecule has 1 aliphatic heterocycles. The Morgan fingerprint density at radius 1 is 0.926 bits per heavy atom. The number of aromatic nitrogens is 3. The summed E-state index contributed by atoms with van der Waals surface area (Å²) in [7, 11) is 0. The number of pyridine rings is 1. The van der Waals surface area contributed by atoms with E-state index in [1.165, 1.54) is 25.5 Å². The van der Waals surface area contributed by atoms with Crippen LogP contribution in [0, 0.1) is 0 Å². The van der Waals surface area contributed by atoms with Gasteiger partial charge < -0.3 is 10.2 Å². The van der Waals surface area contributed by atoms with Crippen LogP contribution in [0.4, 0.5) is 11.5 Å². The van der Waals surface area contributed by atoms with Gasteiger partial charge in [-0.15, -0.1) is 0 Å². The van der Waals surface area contributed by atoms with Crippen LogP contribution < -0.4 is 10.2 Å². The van der Waals surface area contributed by atoms with Gasteiger partial charge in [0.15, 0.2) is 0 Å². The SMILES string of the molecule is O=C(Nc1ccccc1)c1cncc(-c2ccc(N3CCCCC3)nc2)n1. The minimum atomic E-state index is -0.284. The molecule has 0 saturated carbocycles. The summed E-state index contributed by atoms with van der Waals surface area (Å²) in [6.07, 6.45) is 8.64. The number of hydrogen-bond acceptors (Lipinski definition) is 5. The lowest BCUT2D eigenvalue weighted by Gasteiger charge is -2.27. The van der Waals surface area contributed by atoms with Gasteiger partial charge in [-0.1, -0.05) is 18.2 Å². The fourth-order valence-electron chi connectivity index (χ4n) is 3.18. The number of para-hydroxylation sites is 1. The predicted molar refractivity (Wildman–Crippen MR) is 106 cm³/mol. The van der Waals surface area contributed by atoms with E-state index in [2.05, 4.69) is 25.2 Å². The van der Waals surface area contributed by atoms with E-state index in [9.17, 15) is 4.79 Å². The molecule has 0 atom stereocenters. The highest BCUT2D eigenvalue weighted by Gasteiger charge is 2.13. The third kappa shape index (κ3) is 4.11. The van der Waals surface area contributed by atoms with Crippen LogP contribution in [0.2, 0.25) is 0 Å². The molecule has 1 saturated heterocycles. The van der Waals surface area contributed by atoms with Crippen molar-refractivity contribution in [1.29, 1.82) is 0 Å². The fraction of sp³-hybridized carbons (Fsp3) is 0.238. The normalized spacial score (nSPS) is 14.0. The summed E-state index contributed by atoms with van der Waals surface area (Å²) in [4.78, 5) is 27.9. The van der Waals surface area contributed by atoms with Gasteiger partial charge >= 0.3 is 0 Å². The molecule has 0 radical (unpaired) electrons. The Balaban J connectivity index is 1.51. The van der Waals surface area contributed by atoms with Crippen molar-refractivity contribution in [2.45, 2.75) is 19.3 Å². The highest BCUT2D eigenvalue weighted by atomic mass is 16.1. The lowest BCUT2D eigenvalue weighted by atomic mass is 10.1. The molecular weight excluding hydrogens is 338 g/mol. The molecule has 3 heterocycles. The van der Waals surface area contributed by atoms with Gasteiger partial charge in [0.2, 0.25) is 0 Å². The van der Waals surface area contributed by atoms with Crippen molar-refractivity contribution in [3.05, 3.63) is 66.7 Å². The van der Waals surface area contributed by atoms with Gasteiger partial charge in [0.1, 0.15) is 11.5 Å². The van der Waals surface area contributed by atoms with Crippen LogP contribution in [0.1, 0.15) is 29.8 Å². The molecule has 2 aromatic heterocycles. The number of carbonyl (C=O) groups is 1. The maximum atomic E-state index is 12.4. The van der Waals surface area contributed by atoms with Gasteiger partial charge in [-0.3, -0.25) is 9.78 Å². The van der Waals surface area contributed by atoms with E-state index in [1.54, 1.807) is 12.4 Å². The average Bonchev–Trinajstić information content (AvgIpc) is 2.75. The first kappa shape index (κ1) is 17.1. The van der Waals surface area contributed by atoms with Crippen LogP contribution in [0.5, 0.6) is 0 Å². The smallest absolute Gasteiger partial charge is 0.275 e. The second kappa shape index (κ2) is 7.95. The topological polar surface area (TPSA) is 71.0 Å². The highest BCUT2D eigenvalue weighted by molar-refractivity contribution is 6.02. The second-order valence-electron chi connectivity index (χ2n) is 6.56. The molecular formula is C21H21N5O. The Morgan fingerprint density at radius 3 is 2.48 bits per heavy atom. The number of nitrogens with one attached hydrogen (secondary N) is 1. The fourth-order valence-corrected chi connectivity index (χ4v) is 3.18. The van der Waals surface area contributed by atoms with Crippen molar-refractivity contribution >= 4 is 17.4 Å². The predicted octanol–water partition coefficient (Wildman–Crippen LogP) is 3.78. The number of anilines is 2. The Kier molecular flexibility index (Phi) is 5.05. The Hall–Kier alpha value is -3.28. The van der Waals surface area contributed by atoms with Crippen LogP contribution in [-0.2, 0) is 0 Å². The van der Waals surface area contributed by atoms with Gasteiger partial charge in [0.05, 0.1) is 18.1 Å². The van der Waals surface area contributed by atoms with Crippen LogP contribution >= 0.6 is 0 Å². The zero-order chi connectivity index (χ0) is 18.5. The summed E-state index contributed by atoms with van der Waals surface area (Å²) in [5.41, 5.74) is 2.48. The van der Waals surface area contributed by atoms with Crippen LogP contribution in [-0.4, -0.2) is 33.9 Å². The lowest BCUT2D eigenvalue weighted by molar-refractivity contribution is 0.102. The van der Waals surface area contributed by atoms with E-state index in [1.807, 2.05) is 42.5 Å². The molecule has 3 aromatic rings. The van der Waals surface area contributed by atoms with Crippen LogP contribution in [0.15, 0.2) is 61.1 Å². The van der Waals surface area contributed by atoms with Crippen LogP contribution in [0.25, 0.3) is 11.3 Å². The van der Waals surface area contributed by atoms with E-state index < -0.39 is 0 Å². The first-order chi connectivity index (χ1) is 13.3. The van der Waals surface area contributed by atoms with E-state index in [-0.39, 0.29) is 11.6 Å². The third-order valence-electron chi connectivity index (χ3n) is 4.62. The van der Waals surface area contributed by atoms with Crippen LogP contribution in [0.3, 0.4) is 0 Å². The number of rotatable bonds is 4. The summed E-state index contributed by atoms with van der Waals surface area (Å²) in [5, 5.41) is 2.83. The Bertz CT molecular complexity index is 905. The van der Waals surface area contributed by atoms with Crippen molar-refractivity contribution in [3.63, 3.8) is 0 Å². The monoisotopic (exact) mass is 359 g/mol. The van der Waals surface area contributed by atoms with E-state index in [4.69, 9.17) is 0 Å². The molecule has 0 aliphatic carbocycles. The molecule has 0 spiro atoms. The average molecular weight is 359 g/mol. The Morgan fingerprint density at radius 2 is 1.74 bits per heavy atom. The Labute approximate surface area is 158 Å². The molecule has 4 rings (SSSR count). The number of hydrogen-bond donors (Lipinski definition) is 1. The minimum Gasteiger partial charge on any atom is -0.357 e. The third-order valence-corrected chi connectivity index (χ3v) is 4.62. The first-order valence-electron chi connectivity index (χ1n) is 9.19. The quantitative estimate of drug-likeness (QED) is 0.767. The molecule has 6 heteroatoms. The molecule has 0 bridgehead atoms. The molecule has 27 heavy (non-hydrogen) atoms. The minimum absolute atomic E-state index is 0.275. The van der Waals surface area contributed by atoms with Gasteiger partial charge in [0.25, 0.3) is 5.91 Å². The molecule has 0 unspecified atom stereocenters. The summed E-state index contributed by atoms with van der Waals surface area (Å²) in [6.45, 7) is 2.11. The first-order valence-corrected chi connectivity index (χ1v) is 9.19. The molecule has 1 aliphatic rings. The number of piperidine rings is 1. The maximum absolute atomic E-state index is 12.4. The van der Waals surface area contributed by atoms with E-state index in [0.717, 1.165) is 30.2 Å². The van der Waals surface area contributed by atoms with Gasteiger partial charge in [0, 0.05) is 30.5 Å². The zero-order valence-corrected chi connectivity index (χ0v) is 15.0. The largest absolute Gasteiger partial charge is 0.357 e. The molecule has 1 N–H and O–H groups in total. The number of carbonyl (C=O) groups excluding carboxylic acids is 1. The molecule has 1 aromatic carbocycles. The van der Waals surface area contributed by atoms with Gasteiger partial charge in [-0.05, 0) is 43.5 Å². The molecule has 136 valence electrons. The van der Waals surface area contributed by atoms with Crippen molar-refractivity contribution in [2.24, 2.45) is 0 Å². The van der Waals surface area contributed by atoms with Crippen molar-refractivity contribution < 1.29 is 4.79 Å². The number of nitrogens with zero attached hydrogens (tertiary/aromatic N) is 4. The van der Waals surface area contributed by atoms with E-state index in [0.29, 0.717) is 5.69 Å². The van der Waals surface area contributed by atoms with E-state index >= 15 is 0 Å². The summed E-state index contributed by atoms with van der Waals surface area (Å²) < 4.78 is 0. The number of benzene rings is 1. The highest BCUT2D eigenvalue weighted by Crippen LogP contribution is 2.21. The second-order valence-corrected chi connectivity index (χ2v) is 6.56. The lowest BCUT2D eigenvalue weighted by Crippen LogP contribution is -2.29. The zero-order valence-electron chi connectivity index (χ0n) is 15.0. The summed E-state index contributed by atoms with van der Waals surface area (Å²) in [5.74, 6) is 0.706. The molecule has 1 fully saturated rings. The standard InChI is InChI=1S/C21H21N5O/c27-21(24-17-7-3-1-4-8-17)19-15-22-14-18(25-19)16-9-10-20(23-13-16)26-11-5-2-6-12-26/h1,3-4,7-10,13-15H,2,5-6,11-12H2,(H,24,27). The molecule has 6 nitrogen and oxygen atoms in total. The maximum Gasteiger partial charge on any atom is 0.275 e. The van der Waals surface area contributed by atoms with Gasteiger partial charge in [-0.2, -0.15) is 0 Å². The summed E-state index contributed by atoms with van der Waals surface area (Å²) in [6, 6.07) is 13.3.